The molecule has 22 heavy (non-hydrogen) atoms. The van der Waals surface area contributed by atoms with Crippen molar-refractivity contribution in [3.8, 4) is 0 Å². The smallest absolute Gasteiger partial charge is 0.0898 e. The lowest BCUT2D eigenvalue weighted by molar-refractivity contribution is -0.0576. The fourth-order valence-corrected chi connectivity index (χ4v) is 3.57. The maximum absolute atomic E-state index is 6.14. The number of ether oxygens (including phenoxy) is 2. The lowest BCUT2D eigenvalue weighted by atomic mass is 9.88. The van der Waals surface area contributed by atoms with Crippen LogP contribution in [0.2, 0.25) is 0 Å². The van der Waals surface area contributed by atoms with Gasteiger partial charge in [0.05, 0.1) is 32.0 Å². The van der Waals surface area contributed by atoms with Crippen LogP contribution in [0.25, 0.3) is 0 Å². The molecule has 2 heterocycles. The highest BCUT2D eigenvalue weighted by Crippen LogP contribution is 2.26. The van der Waals surface area contributed by atoms with E-state index in [-0.39, 0.29) is 6.10 Å². The number of aromatic nitrogens is 2. The fraction of sp³-hybridized carbons (Fsp3) is 0.824. The summed E-state index contributed by atoms with van der Waals surface area (Å²) in [5.41, 5.74) is 0. The van der Waals surface area contributed by atoms with Crippen molar-refractivity contribution in [3.63, 3.8) is 0 Å². The van der Waals surface area contributed by atoms with Crippen LogP contribution in [0.4, 0.5) is 0 Å². The van der Waals surface area contributed by atoms with Crippen LogP contribution in [0.3, 0.4) is 0 Å². The Hall–Kier alpha value is -0.910. The molecule has 5 heteroatoms. The molecule has 2 aliphatic rings. The van der Waals surface area contributed by atoms with Crippen LogP contribution in [-0.2, 0) is 16.0 Å². The Morgan fingerprint density at radius 3 is 3.05 bits per heavy atom. The van der Waals surface area contributed by atoms with Gasteiger partial charge in [-0.2, -0.15) is 5.10 Å². The summed E-state index contributed by atoms with van der Waals surface area (Å²) in [6.45, 7) is 7.84. The number of nitrogens with zero attached hydrogens (tertiary/aromatic N) is 3. The van der Waals surface area contributed by atoms with Gasteiger partial charge in [0.15, 0.2) is 0 Å². The average Bonchev–Trinajstić information content (AvgIpc) is 3.03. The van der Waals surface area contributed by atoms with Gasteiger partial charge >= 0.3 is 0 Å². The number of hydrogen-bond donors (Lipinski definition) is 0. The first-order valence-electron chi connectivity index (χ1n) is 8.74. The third-order valence-electron chi connectivity index (χ3n) is 4.95. The summed E-state index contributed by atoms with van der Waals surface area (Å²) in [4.78, 5) is 2.46. The lowest BCUT2D eigenvalue weighted by Crippen LogP contribution is -2.45. The van der Waals surface area contributed by atoms with E-state index < -0.39 is 0 Å². The SMILES string of the molecule is CC1CCCCC1OCCN1CCOC(Cn2cccn2)C1. The van der Waals surface area contributed by atoms with E-state index in [9.17, 15) is 0 Å². The Morgan fingerprint density at radius 1 is 1.32 bits per heavy atom. The molecule has 0 N–H and O–H groups in total. The van der Waals surface area contributed by atoms with Crippen molar-refractivity contribution >= 4 is 0 Å². The number of hydrogen-bond acceptors (Lipinski definition) is 4. The van der Waals surface area contributed by atoms with Crippen molar-refractivity contribution in [3.05, 3.63) is 18.5 Å². The third-order valence-corrected chi connectivity index (χ3v) is 4.95. The molecule has 0 spiro atoms. The summed E-state index contributed by atoms with van der Waals surface area (Å²) in [6.07, 6.45) is 9.81. The van der Waals surface area contributed by atoms with Crippen LogP contribution in [-0.4, -0.2) is 59.7 Å². The summed E-state index contributed by atoms with van der Waals surface area (Å²) >= 11 is 0. The van der Waals surface area contributed by atoms with E-state index in [4.69, 9.17) is 9.47 Å². The first kappa shape index (κ1) is 16.0. The van der Waals surface area contributed by atoms with Crippen molar-refractivity contribution in [2.24, 2.45) is 5.92 Å². The first-order valence-corrected chi connectivity index (χ1v) is 8.74. The zero-order valence-electron chi connectivity index (χ0n) is 13.7. The lowest BCUT2D eigenvalue weighted by Gasteiger charge is -2.34. The van der Waals surface area contributed by atoms with Crippen LogP contribution < -0.4 is 0 Å². The predicted octanol–water partition coefficient (Wildman–Crippen LogP) is 2.18. The highest BCUT2D eigenvalue weighted by atomic mass is 16.5. The largest absolute Gasteiger partial charge is 0.377 e. The summed E-state index contributed by atoms with van der Waals surface area (Å²) < 4.78 is 13.9. The molecule has 124 valence electrons. The maximum Gasteiger partial charge on any atom is 0.0898 e. The highest BCUT2D eigenvalue weighted by Gasteiger charge is 2.23. The zero-order chi connectivity index (χ0) is 15.2. The molecule has 3 unspecified atom stereocenters. The zero-order valence-corrected chi connectivity index (χ0v) is 13.7. The van der Waals surface area contributed by atoms with Crippen LogP contribution in [0.15, 0.2) is 18.5 Å². The van der Waals surface area contributed by atoms with E-state index in [0.29, 0.717) is 6.10 Å². The molecule has 0 aromatic carbocycles. The molecule has 2 fully saturated rings. The molecular formula is C17H29N3O2. The van der Waals surface area contributed by atoms with E-state index in [1.54, 1.807) is 0 Å². The van der Waals surface area contributed by atoms with Gasteiger partial charge in [-0.1, -0.05) is 19.8 Å². The van der Waals surface area contributed by atoms with Crippen molar-refractivity contribution in [2.45, 2.75) is 51.4 Å². The molecule has 0 bridgehead atoms. The van der Waals surface area contributed by atoms with Gasteiger partial charge in [0.2, 0.25) is 0 Å². The predicted molar refractivity (Wildman–Crippen MR) is 85.8 cm³/mol. The van der Waals surface area contributed by atoms with E-state index in [2.05, 4.69) is 16.9 Å². The van der Waals surface area contributed by atoms with Crippen molar-refractivity contribution in [1.82, 2.24) is 14.7 Å². The Balaban J connectivity index is 1.37. The van der Waals surface area contributed by atoms with Crippen LogP contribution in [0.5, 0.6) is 0 Å². The van der Waals surface area contributed by atoms with E-state index in [1.165, 1.54) is 25.7 Å². The molecule has 1 aromatic heterocycles. The summed E-state index contributed by atoms with van der Waals surface area (Å²) in [7, 11) is 0. The second kappa shape index (κ2) is 8.09. The van der Waals surface area contributed by atoms with Gasteiger partial charge in [-0.3, -0.25) is 9.58 Å². The van der Waals surface area contributed by atoms with E-state index >= 15 is 0 Å². The minimum Gasteiger partial charge on any atom is -0.377 e. The number of rotatable bonds is 6. The van der Waals surface area contributed by atoms with Crippen LogP contribution in [0.1, 0.15) is 32.6 Å². The summed E-state index contributed by atoms with van der Waals surface area (Å²) in [5.74, 6) is 0.728. The van der Waals surface area contributed by atoms with Crippen LogP contribution in [0, 0.1) is 5.92 Å². The Labute approximate surface area is 133 Å². The fourth-order valence-electron chi connectivity index (χ4n) is 3.57. The third kappa shape index (κ3) is 4.54. The Bertz CT molecular complexity index is 424. The molecule has 0 radical (unpaired) electrons. The topological polar surface area (TPSA) is 39.5 Å². The van der Waals surface area contributed by atoms with Gasteiger partial charge in [0.1, 0.15) is 0 Å². The molecule has 1 saturated heterocycles. The normalized spacial score (nSPS) is 30.5. The molecule has 1 aliphatic carbocycles. The molecule has 1 aromatic rings. The van der Waals surface area contributed by atoms with Gasteiger partial charge in [-0.15, -0.1) is 0 Å². The van der Waals surface area contributed by atoms with Gasteiger partial charge < -0.3 is 9.47 Å². The second-order valence-electron chi connectivity index (χ2n) is 6.69. The monoisotopic (exact) mass is 307 g/mol. The Kier molecular flexibility index (Phi) is 5.87. The first-order chi connectivity index (χ1) is 10.8. The summed E-state index contributed by atoms with van der Waals surface area (Å²) in [5, 5.41) is 4.26. The van der Waals surface area contributed by atoms with Crippen molar-refractivity contribution in [2.75, 3.05) is 32.8 Å². The van der Waals surface area contributed by atoms with Gasteiger partial charge in [-0.05, 0) is 24.8 Å². The highest BCUT2D eigenvalue weighted by molar-refractivity contribution is 4.80. The minimum absolute atomic E-state index is 0.238. The van der Waals surface area contributed by atoms with Crippen LogP contribution >= 0.6 is 0 Å². The number of morpholine rings is 1. The maximum atomic E-state index is 6.14. The molecule has 0 amide bonds. The molecule has 3 rings (SSSR count). The molecule has 5 nitrogen and oxygen atoms in total. The Morgan fingerprint density at radius 2 is 2.23 bits per heavy atom. The van der Waals surface area contributed by atoms with Gasteiger partial charge in [-0.25, -0.2) is 0 Å². The van der Waals surface area contributed by atoms with Gasteiger partial charge in [0.25, 0.3) is 0 Å². The molecule has 3 atom stereocenters. The quantitative estimate of drug-likeness (QED) is 0.807. The van der Waals surface area contributed by atoms with Crippen molar-refractivity contribution in [1.29, 1.82) is 0 Å². The molecular weight excluding hydrogens is 278 g/mol. The minimum atomic E-state index is 0.238. The summed E-state index contributed by atoms with van der Waals surface area (Å²) in [6, 6.07) is 1.96. The standard InChI is InChI=1S/C17H29N3O2/c1-15-5-2-3-6-17(15)22-12-10-19-9-11-21-16(13-19)14-20-8-4-7-18-20/h4,7-8,15-17H,2-3,5-6,9-14H2,1H3. The van der Waals surface area contributed by atoms with E-state index in [0.717, 1.165) is 45.3 Å². The van der Waals surface area contributed by atoms with Crippen molar-refractivity contribution < 1.29 is 9.47 Å². The molecule has 1 aliphatic heterocycles. The second-order valence-corrected chi connectivity index (χ2v) is 6.69. The average molecular weight is 307 g/mol. The van der Waals surface area contributed by atoms with Gasteiger partial charge in [0, 0.05) is 32.0 Å². The van der Waals surface area contributed by atoms with E-state index in [1.807, 2.05) is 23.1 Å². The molecule has 1 saturated carbocycles.